The van der Waals surface area contributed by atoms with Gasteiger partial charge in [-0.3, -0.25) is 0 Å². The second-order valence-electron chi connectivity index (χ2n) is 17.1. The van der Waals surface area contributed by atoms with Gasteiger partial charge in [0.05, 0.1) is 0 Å². The van der Waals surface area contributed by atoms with Crippen LogP contribution < -0.4 is 14.5 Å². The summed E-state index contributed by atoms with van der Waals surface area (Å²) in [5.41, 5.74) is 12.2. The van der Waals surface area contributed by atoms with E-state index in [0.29, 0.717) is 11.5 Å². The van der Waals surface area contributed by atoms with Crippen molar-refractivity contribution in [3.63, 3.8) is 0 Å². The molecule has 8 rings (SSSR count). The molecule has 292 valence electrons. The first-order valence-corrected chi connectivity index (χ1v) is 20.1. The zero-order chi connectivity index (χ0) is 38.5. The summed E-state index contributed by atoms with van der Waals surface area (Å²) in [6.07, 6.45) is 12.7. The predicted molar refractivity (Wildman–Crippen MR) is 229 cm³/mol. The fourth-order valence-electron chi connectivity index (χ4n) is 8.11. The number of rotatable bonds is 9. The number of aromatic nitrogens is 2. The van der Waals surface area contributed by atoms with Crippen LogP contribution in [-0.4, -0.2) is 9.55 Å². The van der Waals surface area contributed by atoms with Gasteiger partial charge in [-0.1, -0.05) is 98.0 Å². The quantitative estimate of drug-likeness (QED) is 0.135. The van der Waals surface area contributed by atoms with Gasteiger partial charge in [0.15, 0.2) is 0 Å². The van der Waals surface area contributed by atoms with Gasteiger partial charge in [-0.15, -0.1) is 48.1 Å². The molecular formula is C50H53N4OPt-3. The molecule has 0 radical (unpaired) electrons. The van der Waals surface area contributed by atoms with Crippen LogP contribution in [0.4, 0.5) is 11.4 Å². The normalized spacial score (nSPS) is 14.5. The van der Waals surface area contributed by atoms with Crippen molar-refractivity contribution in [1.29, 1.82) is 0 Å². The van der Waals surface area contributed by atoms with Crippen LogP contribution in [0.2, 0.25) is 0 Å². The third kappa shape index (κ3) is 7.48. The van der Waals surface area contributed by atoms with Gasteiger partial charge in [-0.25, -0.2) is 4.98 Å². The zero-order valence-corrected chi connectivity index (χ0v) is 36.3. The van der Waals surface area contributed by atoms with Gasteiger partial charge in [0.1, 0.15) is 5.82 Å². The van der Waals surface area contributed by atoms with Crippen LogP contribution >= 0.6 is 0 Å². The number of benzene rings is 4. The molecule has 3 heterocycles. The van der Waals surface area contributed by atoms with Gasteiger partial charge in [0.25, 0.3) is 0 Å². The van der Waals surface area contributed by atoms with E-state index in [2.05, 4.69) is 167 Å². The molecule has 1 aliphatic carbocycles. The summed E-state index contributed by atoms with van der Waals surface area (Å²) in [6, 6.07) is 35.6. The zero-order valence-electron chi connectivity index (χ0n) is 34.1. The van der Waals surface area contributed by atoms with Gasteiger partial charge >= 0.3 is 0 Å². The van der Waals surface area contributed by atoms with Crippen LogP contribution in [0.1, 0.15) is 103 Å². The van der Waals surface area contributed by atoms with Crippen molar-refractivity contribution < 1.29 is 25.8 Å². The minimum absolute atomic E-state index is 0. The topological polar surface area (TPSA) is 33.5 Å². The van der Waals surface area contributed by atoms with Crippen molar-refractivity contribution >= 4 is 33.2 Å². The van der Waals surface area contributed by atoms with Gasteiger partial charge in [-0.2, -0.15) is 12.1 Å². The molecule has 0 saturated heterocycles. The number of nitrogens with zero attached hydrogens (tertiary/aromatic N) is 4. The van der Waals surface area contributed by atoms with E-state index in [1.54, 1.807) is 0 Å². The van der Waals surface area contributed by atoms with Crippen LogP contribution in [0.5, 0.6) is 11.5 Å². The Kier molecular flexibility index (Phi) is 11.1. The molecule has 4 aromatic carbocycles. The average molecular weight is 921 g/mol. The summed E-state index contributed by atoms with van der Waals surface area (Å²) in [5.74, 6) is 2.18. The first-order valence-electron chi connectivity index (χ1n) is 20.1. The fraction of sp³-hybridized carbons (Fsp3) is 0.320. The van der Waals surface area contributed by atoms with Crippen LogP contribution in [-0.2, 0) is 44.7 Å². The summed E-state index contributed by atoms with van der Waals surface area (Å²) in [5, 5.41) is 2.48. The molecule has 0 fully saturated rings. The molecule has 0 spiro atoms. The molecule has 56 heavy (non-hydrogen) atoms. The van der Waals surface area contributed by atoms with Crippen molar-refractivity contribution in [3.05, 3.63) is 150 Å². The van der Waals surface area contributed by atoms with Crippen LogP contribution in [0.3, 0.4) is 0 Å². The maximum atomic E-state index is 6.66. The van der Waals surface area contributed by atoms with E-state index in [0.717, 1.165) is 61.1 Å². The Morgan fingerprint density at radius 2 is 1.54 bits per heavy atom. The number of aryl methyl sites for hydroxylation is 2. The molecule has 1 aliphatic heterocycles. The molecule has 0 bridgehead atoms. The number of ether oxygens (including phenoxy) is 1. The largest absolute Gasteiger partial charge is 0.509 e. The number of fused-ring (bicyclic) bond motifs is 3. The van der Waals surface area contributed by atoms with Crippen molar-refractivity contribution in [3.8, 4) is 17.3 Å². The van der Waals surface area contributed by atoms with Crippen LogP contribution in [0.25, 0.3) is 27.6 Å². The molecule has 0 N–H and O–H groups in total. The first-order chi connectivity index (χ1) is 26.4. The maximum Gasteiger partial charge on any atom is 0.135 e. The number of allylic oxidation sites excluding steroid dienone is 3. The van der Waals surface area contributed by atoms with E-state index < -0.39 is 0 Å². The summed E-state index contributed by atoms with van der Waals surface area (Å²) in [6.45, 7) is 20.3. The summed E-state index contributed by atoms with van der Waals surface area (Å²) < 4.78 is 8.94. The smallest absolute Gasteiger partial charge is 0.135 e. The van der Waals surface area contributed by atoms with E-state index >= 15 is 0 Å². The molecule has 0 amide bonds. The third-order valence-corrected chi connectivity index (χ3v) is 11.0. The van der Waals surface area contributed by atoms with E-state index in [1.165, 1.54) is 50.1 Å². The molecule has 6 heteroatoms. The summed E-state index contributed by atoms with van der Waals surface area (Å²) >= 11 is 0. The SMILES string of the molecule is CCCc1ccc2c(c1CCC)c1ccc(Oc3[c-]c(N4[CH-]N(c5cccc(C(C)(C)C)c5)C5=C4C=CCC5)ccc3)[c-]c1n2-c1cc(C(C)(C)C)ccn1.[Pt]. The predicted octanol–water partition coefficient (Wildman–Crippen LogP) is 13.1. The number of anilines is 2. The Balaban J connectivity index is 0.00000480. The molecule has 6 aromatic rings. The Bertz CT molecular complexity index is 2460. The van der Waals surface area contributed by atoms with Crippen molar-refractivity contribution in [1.82, 2.24) is 9.55 Å². The second-order valence-corrected chi connectivity index (χ2v) is 17.1. The number of hydrogen-bond donors (Lipinski definition) is 0. The Morgan fingerprint density at radius 1 is 0.786 bits per heavy atom. The Hall–Kier alpha value is -4.60. The number of pyridine rings is 1. The van der Waals surface area contributed by atoms with E-state index in [4.69, 9.17) is 9.72 Å². The molecule has 0 atom stereocenters. The van der Waals surface area contributed by atoms with Gasteiger partial charge in [0, 0.05) is 61.4 Å². The molecular weight excluding hydrogens is 868 g/mol. The first kappa shape index (κ1) is 39.6. The van der Waals surface area contributed by atoms with E-state index in [-0.39, 0.29) is 31.9 Å². The molecule has 0 unspecified atom stereocenters. The van der Waals surface area contributed by atoms with E-state index in [1.807, 2.05) is 18.3 Å². The van der Waals surface area contributed by atoms with Crippen molar-refractivity contribution in [2.24, 2.45) is 0 Å². The van der Waals surface area contributed by atoms with Crippen LogP contribution in [0.15, 0.2) is 109 Å². The second kappa shape index (κ2) is 15.7. The van der Waals surface area contributed by atoms with Crippen LogP contribution in [0, 0.1) is 18.8 Å². The molecule has 2 aromatic heterocycles. The monoisotopic (exact) mass is 920 g/mol. The molecule has 0 saturated carbocycles. The number of hydrogen-bond acceptors (Lipinski definition) is 4. The van der Waals surface area contributed by atoms with Crippen molar-refractivity contribution in [2.45, 2.75) is 105 Å². The Morgan fingerprint density at radius 3 is 2.30 bits per heavy atom. The van der Waals surface area contributed by atoms with Gasteiger partial charge in [0.2, 0.25) is 0 Å². The van der Waals surface area contributed by atoms with Crippen molar-refractivity contribution in [2.75, 3.05) is 9.80 Å². The van der Waals surface area contributed by atoms with Gasteiger partial charge in [-0.05, 0) is 101 Å². The molecule has 5 nitrogen and oxygen atoms in total. The average Bonchev–Trinajstić information content (AvgIpc) is 3.72. The maximum absolute atomic E-state index is 6.66. The Labute approximate surface area is 348 Å². The summed E-state index contributed by atoms with van der Waals surface area (Å²) in [4.78, 5) is 9.53. The summed E-state index contributed by atoms with van der Waals surface area (Å²) in [7, 11) is 0. The minimum Gasteiger partial charge on any atom is -0.509 e. The standard InChI is InChI=1S/C50H53N4O.Pt/c1-9-15-34-23-26-45-48(41(34)16-10-2)42-25-24-40(32-46(42)54(45)47-30-36(27-28-51-47)50(6,7)8)55-39-20-14-19-38(31-39)53-33-52(43-21-11-12-22-44(43)53)37-18-13-17-35(29-37)49(3,4)5;/h12-14,17-20,22-30,33H,9-11,15-16,21H2,1-8H3;/q-3;. The minimum atomic E-state index is -0.0125. The van der Waals surface area contributed by atoms with Gasteiger partial charge < -0.3 is 19.1 Å². The third-order valence-electron chi connectivity index (χ3n) is 11.0. The van der Waals surface area contributed by atoms with E-state index in [9.17, 15) is 0 Å². The fourth-order valence-corrected chi connectivity index (χ4v) is 8.11. The molecule has 2 aliphatic rings.